The number of ether oxygens (including phenoxy) is 2. The highest BCUT2D eigenvalue weighted by Gasteiger charge is 2.36. The lowest BCUT2D eigenvalue weighted by Crippen LogP contribution is -2.36. The minimum atomic E-state index is -0.515. The number of imide groups is 1. The van der Waals surface area contributed by atoms with Gasteiger partial charge in [-0.05, 0) is 61.0 Å². The van der Waals surface area contributed by atoms with Gasteiger partial charge in [0.25, 0.3) is 11.1 Å². The zero-order valence-electron chi connectivity index (χ0n) is 17.1. The first kappa shape index (κ1) is 21.4. The summed E-state index contributed by atoms with van der Waals surface area (Å²) >= 11 is 0.791. The van der Waals surface area contributed by atoms with E-state index in [1.807, 2.05) is 32.0 Å². The van der Waals surface area contributed by atoms with Crippen molar-refractivity contribution >= 4 is 40.6 Å². The Bertz CT molecular complexity index is 1050. The molecule has 1 fully saturated rings. The van der Waals surface area contributed by atoms with E-state index in [1.165, 1.54) is 7.11 Å². The number of aryl methyl sites for hydroxylation is 2. The van der Waals surface area contributed by atoms with E-state index in [0.717, 1.165) is 27.8 Å². The van der Waals surface area contributed by atoms with Crippen LogP contribution in [0.5, 0.6) is 11.5 Å². The molecule has 3 rings (SSSR count). The Balaban J connectivity index is 1.75. The Morgan fingerprint density at radius 2 is 1.87 bits per heavy atom. The first-order valence-corrected chi connectivity index (χ1v) is 9.98. The van der Waals surface area contributed by atoms with E-state index in [-0.39, 0.29) is 11.4 Å². The first-order chi connectivity index (χ1) is 14.3. The highest BCUT2D eigenvalue weighted by Crippen LogP contribution is 2.35. The number of carbonyl (C=O) groups excluding carboxylic acids is 3. The number of amides is 3. The second kappa shape index (κ2) is 9.04. The molecule has 0 unspecified atom stereocenters. The highest BCUT2D eigenvalue weighted by atomic mass is 32.2. The van der Waals surface area contributed by atoms with Crippen LogP contribution in [0.25, 0.3) is 6.08 Å². The molecule has 2 aromatic carbocycles. The molecule has 7 nitrogen and oxygen atoms in total. The molecule has 2 aromatic rings. The van der Waals surface area contributed by atoms with Gasteiger partial charge in [0.05, 0.1) is 19.1 Å². The Kier molecular flexibility index (Phi) is 6.47. The van der Waals surface area contributed by atoms with Crippen molar-refractivity contribution in [3.63, 3.8) is 0 Å². The Labute approximate surface area is 179 Å². The summed E-state index contributed by atoms with van der Waals surface area (Å²) in [5, 5.41) is 2.28. The number of methoxy groups -OCH3 is 2. The predicted octanol–water partition coefficient (Wildman–Crippen LogP) is 4.00. The zero-order valence-corrected chi connectivity index (χ0v) is 18.0. The molecule has 0 atom stereocenters. The minimum Gasteiger partial charge on any atom is -0.497 e. The second-order valence-corrected chi connectivity index (χ2v) is 7.74. The number of hydrogen-bond acceptors (Lipinski definition) is 6. The lowest BCUT2D eigenvalue weighted by atomic mass is 10.1. The van der Waals surface area contributed by atoms with Gasteiger partial charge in [-0.25, -0.2) is 0 Å². The molecule has 3 amide bonds. The second-order valence-electron chi connectivity index (χ2n) is 6.74. The molecule has 0 saturated carbocycles. The van der Waals surface area contributed by atoms with Gasteiger partial charge < -0.3 is 14.8 Å². The van der Waals surface area contributed by atoms with Crippen LogP contribution >= 0.6 is 11.8 Å². The summed E-state index contributed by atoms with van der Waals surface area (Å²) in [4.78, 5) is 38.7. The van der Waals surface area contributed by atoms with Gasteiger partial charge in [-0.1, -0.05) is 12.1 Å². The molecule has 0 aromatic heterocycles. The van der Waals surface area contributed by atoms with Crippen LogP contribution in [-0.2, 0) is 9.59 Å². The minimum absolute atomic E-state index is 0.225. The van der Waals surface area contributed by atoms with E-state index < -0.39 is 17.1 Å². The zero-order chi connectivity index (χ0) is 21.8. The van der Waals surface area contributed by atoms with E-state index >= 15 is 0 Å². The van der Waals surface area contributed by atoms with Crippen LogP contribution in [0.15, 0.2) is 41.3 Å². The normalized spacial score (nSPS) is 14.9. The van der Waals surface area contributed by atoms with Crippen molar-refractivity contribution in [2.75, 3.05) is 26.1 Å². The maximum Gasteiger partial charge on any atom is 0.294 e. The predicted molar refractivity (Wildman–Crippen MR) is 117 cm³/mol. The van der Waals surface area contributed by atoms with Gasteiger partial charge in [0.1, 0.15) is 18.0 Å². The lowest BCUT2D eigenvalue weighted by molar-refractivity contribution is -0.127. The first-order valence-electron chi connectivity index (χ1n) is 9.17. The van der Waals surface area contributed by atoms with Crippen molar-refractivity contribution in [3.05, 3.63) is 58.0 Å². The van der Waals surface area contributed by atoms with E-state index in [1.54, 1.807) is 31.4 Å². The Morgan fingerprint density at radius 3 is 2.57 bits per heavy atom. The van der Waals surface area contributed by atoms with Gasteiger partial charge in [-0.15, -0.1) is 0 Å². The Morgan fingerprint density at radius 1 is 1.10 bits per heavy atom. The van der Waals surface area contributed by atoms with Gasteiger partial charge in [0.15, 0.2) is 0 Å². The molecule has 0 bridgehead atoms. The molecule has 1 aliphatic heterocycles. The summed E-state index contributed by atoms with van der Waals surface area (Å²) in [6.07, 6.45) is 1.58. The number of anilines is 1. The molecule has 1 aliphatic rings. The molecule has 156 valence electrons. The van der Waals surface area contributed by atoms with Crippen LogP contribution in [0.4, 0.5) is 10.5 Å². The van der Waals surface area contributed by atoms with Crippen LogP contribution in [0.3, 0.4) is 0 Å². The molecule has 30 heavy (non-hydrogen) atoms. The van der Waals surface area contributed by atoms with Crippen LogP contribution in [0, 0.1) is 13.8 Å². The summed E-state index contributed by atoms with van der Waals surface area (Å²) in [6, 6.07) is 10.8. The number of rotatable bonds is 6. The largest absolute Gasteiger partial charge is 0.497 e. The molecule has 1 N–H and O–H groups in total. The van der Waals surface area contributed by atoms with Gasteiger partial charge in [0, 0.05) is 17.3 Å². The van der Waals surface area contributed by atoms with Crippen LogP contribution in [0.2, 0.25) is 0 Å². The summed E-state index contributed by atoms with van der Waals surface area (Å²) in [5.41, 5.74) is 3.18. The van der Waals surface area contributed by atoms with Gasteiger partial charge in [0.2, 0.25) is 5.91 Å². The summed E-state index contributed by atoms with van der Waals surface area (Å²) in [6.45, 7) is 3.44. The fourth-order valence-corrected chi connectivity index (χ4v) is 3.75. The summed E-state index contributed by atoms with van der Waals surface area (Å²) in [5.74, 6) is 0.169. The molecule has 1 heterocycles. The fraction of sp³-hybridized carbons (Fsp3) is 0.227. The Hall–Kier alpha value is -3.26. The molecule has 0 aliphatic carbocycles. The van der Waals surface area contributed by atoms with Crippen molar-refractivity contribution in [1.29, 1.82) is 0 Å². The lowest BCUT2D eigenvalue weighted by Gasteiger charge is -2.14. The summed E-state index contributed by atoms with van der Waals surface area (Å²) < 4.78 is 10.5. The molecule has 0 radical (unpaired) electrons. The third-order valence-corrected chi connectivity index (χ3v) is 5.48. The standard InChI is InChI=1S/C22H22N2O5S/c1-13-5-6-14(2)17(9-13)23-20(25)12-24-21(26)19(30-22(24)27)10-15-7-8-16(28-3)11-18(15)29-4/h5-11H,12H2,1-4H3,(H,23,25)/b19-10+. The number of hydrogen-bond donors (Lipinski definition) is 1. The van der Waals surface area contributed by atoms with E-state index in [2.05, 4.69) is 5.32 Å². The molecular formula is C22H22N2O5S. The van der Waals surface area contributed by atoms with E-state index in [4.69, 9.17) is 9.47 Å². The number of benzene rings is 2. The monoisotopic (exact) mass is 426 g/mol. The van der Waals surface area contributed by atoms with Gasteiger partial charge in [-0.2, -0.15) is 0 Å². The summed E-state index contributed by atoms with van der Waals surface area (Å²) in [7, 11) is 3.05. The number of carbonyl (C=O) groups is 3. The van der Waals surface area contributed by atoms with Crippen LogP contribution in [0.1, 0.15) is 16.7 Å². The van der Waals surface area contributed by atoms with Gasteiger partial charge in [-0.3, -0.25) is 19.3 Å². The molecule has 0 spiro atoms. The third kappa shape index (κ3) is 4.65. The van der Waals surface area contributed by atoms with Gasteiger partial charge >= 0.3 is 0 Å². The number of nitrogens with zero attached hydrogens (tertiary/aromatic N) is 1. The quantitative estimate of drug-likeness (QED) is 0.703. The highest BCUT2D eigenvalue weighted by molar-refractivity contribution is 8.18. The van der Waals surface area contributed by atoms with Crippen molar-refractivity contribution in [2.24, 2.45) is 0 Å². The molecule has 1 saturated heterocycles. The number of nitrogens with one attached hydrogen (secondary N) is 1. The van der Waals surface area contributed by atoms with Crippen molar-refractivity contribution in [1.82, 2.24) is 4.90 Å². The van der Waals surface area contributed by atoms with E-state index in [0.29, 0.717) is 22.7 Å². The number of thioether (sulfide) groups is 1. The third-order valence-electron chi connectivity index (χ3n) is 4.57. The van der Waals surface area contributed by atoms with Crippen molar-refractivity contribution < 1.29 is 23.9 Å². The molecular weight excluding hydrogens is 404 g/mol. The average Bonchev–Trinajstić information content (AvgIpc) is 2.98. The average molecular weight is 426 g/mol. The van der Waals surface area contributed by atoms with Crippen LogP contribution in [-0.4, -0.2) is 42.7 Å². The smallest absolute Gasteiger partial charge is 0.294 e. The van der Waals surface area contributed by atoms with E-state index in [9.17, 15) is 14.4 Å². The maximum atomic E-state index is 12.7. The molecule has 8 heteroatoms. The fourth-order valence-electron chi connectivity index (χ4n) is 2.92. The van der Waals surface area contributed by atoms with Crippen LogP contribution < -0.4 is 14.8 Å². The SMILES string of the molecule is COc1ccc(/C=C2/SC(=O)N(CC(=O)Nc3cc(C)ccc3C)C2=O)c(OC)c1. The maximum absolute atomic E-state index is 12.7. The van der Waals surface area contributed by atoms with Crippen molar-refractivity contribution in [3.8, 4) is 11.5 Å². The van der Waals surface area contributed by atoms with Crippen molar-refractivity contribution in [2.45, 2.75) is 13.8 Å². The topological polar surface area (TPSA) is 84.9 Å².